The van der Waals surface area contributed by atoms with Gasteiger partial charge in [0.1, 0.15) is 22.2 Å². The van der Waals surface area contributed by atoms with Crippen molar-refractivity contribution >= 4 is 39.8 Å². The lowest BCUT2D eigenvalue weighted by molar-refractivity contribution is -0.118. The van der Waals surface area contributed by atoms with Crippen LogP contribution in [0.25, 0.3) is 0 Å². The first-order valence-corrected chi connectivity index (χ1v) is 10.9. The number of ether oxygens (including phenoxy) is 4. The molecule has 0 saturated heterocycles. The molecule has 0 aliphatic rings. The number of hydrogen-bond donors (Lipinski definition) is 2. The van der Waals surface area contributed by atoms with Gasteiger partial charge >= 0.3 is 5.97 Å². The number of thiophene rings is 1. The van der Waals surface area contributed by atoms with Crippen LogP contribution in [0.5, 0.6) is 17.2 Å². The van der Waals surface area contributed by atoms with Gasteiger partial charge < -0.3 is 29.6 Å². The van der Waals surface area contributed by atoms with Gasteiger partial charge in [-0.3, -0.25) is 9.59 Å². The first-order valence-electron chi connectivity index (χ1n) is 10.1. The number of benzene rings is 2. The van der Waals surface area contributed by atoms with E-state index < -0.39 is 17.8 Å². The van der Waals surface area contributed by atoms with E-state index in [0.29, 0.717) is 28.5 Å². The summed E-state index contributed by atoms with van der Waals surface area (Å²) in [5.74, 6) is 0.123. The third kappa shape index (κ3) is 5.84. The van der Waals surface area contributed by atoms with E-state index in [0.717, 1.165) is 11.3 Å². The third-order valence-electron chi connectivity index (χ3n) is 4.75. The van der Waals surface area contributed by atoms with E-state index in [-0.39, 0.29) is 22.0 Å². The monoisotopic (exact) mass is 484 g/mol. The van der Waals surface area contributed by atoms with Gasteiger partial charge in [-0.05, 0) is 48.9 Å². The second-order valence-corrected chi connectivity index (χ2v) is 7.97. The van der Waals surface area contributed by atoms with Crippen LogP contribution in [0.15, 0.2) is 48.5 Å². The summed E-state index contributed by atoms with van der Waals surface area (Å²) in [7, 11) is 4.31. The first kappa shape index (κ1) is 24.6. The Bertz CT molecular complexity index is 1190. The number of hydrogen-bond acceptors (Lipinski definition) is 8. The average molecular weight is 485 g/mol. The topological polar surface area (TPSA) is 112 Å². The van der Waals surface area contributed by atoms with E-state index >= 15 is 0 Å². The molecule has 3 aromatic rings. The van der Waals surface area contributed by atoms with E-state index in [2.05, 4.69) is 10.6 Å². The molecular weight excluding hydrogens is 460 g/mol. The van der Waals surface area contributed by atoms with E-state index in [9.17, 15) is 14.4 Å². The number of esters is 1. The Labute approximate surface area is 200 Å². The maximum absolute atomic E-state index is 12.9. The maximum Gasteiger partial charge on any atom is 0.341 e. The lowest BCUT2D eigenvalue weighted by Crippen LogP contribution is -2.21. The van der Waals surface area contributed by atoms with Gasteiger partial charge in [-0.15, -0.1) is 11.3 Å². The first-order chi connectivity index (χ1) is 16.4. The van der Waals surface area contributed by atoms with Crippen molar-refractivity contribution in [3.63, 3.8) is 0 Å². The zero-order valence-corrected chi connectivity index (χ0v) is 19.9. The molecule has 0 unspecified atom stereocenters. The number of methoxy groups -OCH3 is 3. The molecule has 0 spiro atoms. The van der Waals surface area contributed by atoms with Crippen LogP contribution in [-0.2, 0) is 9.53 Å². The quantitative estimate of drug-likeness (QED) is 0.439. The SMILES string of the molecule is COC(=O)c1c(NC(=O)COc2ccc(OC)cc2)sc(C(=O)Nc2cccc(OC)c2)c1C. The van der Waals surface area contributed by atoms with Crippen molar-refractivity contribution in [2.45, 2.75) is 6.92 Å². The zero-order chi connectivity index (χ0) is 24.7. The van der Waals surface area contributed by atoms with Gasteiger partial charge in [-0.1, -0.05) is 6.07 Å². The van der Waals surface area contributed by atoms with Crippen LogP contribution in [0.4, 0.5) is 10.7 Å². The average Bonchev–Trinajstić information content (AvgIpc) is 3.18. The van der Waals surface area contributed by atoms with Crippen LogP contribution in [-0.4, -0.2) is 45.7 Å². The Morgan fingerprint density at radius 2 is 1.56 bits per heavy atom. The molecule has 0 atom stereocenters. The Balaban J connectivity index is 1.76. The van der Waals surface area contributed by atoms with Gasteiger partial charge in [0.15, 0.2) is 6.61 Å². The van der Waals surface area contributed by atoms with Gasteiger partial charge in [0.25, 0.3) is 11.8 Å². The molecule has 3 rings (SSSR count). The molecular formula is C24H24N2O7S. The highest BCUT2D eigenvalue weighted by molar-refractivity contribution is 7.18. The number of rotatable bonds is 9. The minimum absolute atomic E-state index is 0.112. The standard InChI is InChI=1S/C24H24N2O7S/c1-14-20(24(29)32-4)23(26-19(27)13-33-17-10-8-16(30-2)9-11-17)34-21(14)22(28)25-15-6-5-7-18(12-15)31-3/h5-12H,13H2,1-4H3,(H,25,28)(H,26,27). The fourth-order valence-electron chi connectivity index (χ4n) is 3.04. The summed E-state index contributed by atoms with van der Waals surface area (Å²) in [5, 5.41) is 5.62. The second-order valence-electron chi connectivity index (χ2n) is 6.95. The Kier molecular flexibility index (Phi) is 8.10. The smallest absolute Gasteiger partial charge is 0.341 e. The number of carbonyl (C=O) groups is 3. The molecule has 178 valence electrons. The lowest BCUT2D eigenvalue weighted by atomic mass is 10.1. The summed E-state index contributed by atoms with van der Waals surface area (Å²) in [5.41, 5.74) is 1.03. The number of anilines is 2. The molecule has 0 saturated carbocycles. The molecule has 1 aromatic heterocycles. The van der Waals surface area contributed by atoms with Gasteiger partial charge in [0.2, 0.25) is 0 Å². The highest BCUT2D eigenvalue weighted by Gasteiger charge is 2.26. The lowest BCUT2D eigenvalue weighted by Gasteiger charge is -2.08. The molecule has 0 aliphatic carbocycles. The molecule has 0 radical (unpaired) electrons. The largest absolute Gasteiger partial charge is 0.497 e. The van der Waals surface area contributed by atoms with Crippen LogP contribution < -0.4 is 24.8 Å². The maximum atomic E-state index is 12.9. The van der Waals surface area contributed by atoms with Crippen LogP contribution in [0.1, 0.15) is 25.6 Å². The summed E-state index contributed by atoms with van der Waals surface area (Å²) < 4.78 is 20.6. The Morgan fingerprint density at radius 3 is 2.21 bits per heavy atom. The van der Waals surface area contributed by atoms with E-state index in [4.69, 9.17) is 18.9 Å². The van der Waals surface area contributed by atoms with Crippen LogP contribution >= 0.6 is 11.3 Å². The molecule has 2 amide bonds. The summed E-state index contributed by atoms with van der Waals surface area (Å²) in [4.78, 5) is 38.1. The zero-order valence-electron chi connectivity index (χ0n) is 19.1. The predicted molar refractivity (Wildman–Crippen MR) is 128 cm³/mol. The third-order valence-corrected chi connectivity index (χ3v) is 5.96. The van der Waals surface area contributed by atoms with Crippen LogP contribution in [0.3, 0.4) is 0 Å². The summed E-state index contributed by atoms with van der Waals surface area (Å²) in [6.45, 7) is 1.32. The van der Waals surface area contributed by atoms with Crippen molar-refractivity contribution in [2.75, 3.05) is 38.6 Å². The minimum atomic E-state index is -0.666. The fraction of sp³-hybridized carbons (Fsp3) is 0.208. The number of carbonyl (C=O) groups excluding carboxylic acids is 3. The van der Waals surface area contributed by atoms with Gasteiger partial charge in [0.05, 0.1) is 31.8 Å². The molecule has 9 nitrogen and oxygen atoms in total. The minimum Gasteiger partial charge on any atom is -0.497 e. The van der Waals surface area contributed by atoms with E-state index in [1.807, 2.05) is 0 Å². The molecule has 1 heterocycles. The van der Waals surface area contributed by atoms with Gasteiger partial charge in [0, 0.05) is 11.8 Å². The highest BCUT2D eigenvalue weighted by Crippen LogP contribution is 2.34. The van der Waals surface area contributed by atoms with Crippen molar-refractivity contribution in [2.24, 2.45) is 0 Å². The Morgan fingerprint density at radius 1 is 0.882 bits per heavy atom. The summed E-state index contributed by atoms with van der Waals surface area (Å²) in [6.07, 6.45) is 0. The Hall–Kier alpha value is -4.05. The molecule has 0 bridgehead atoms. The van der Waals surface area contributed by atoms with Crippen molar-refractivity contribution < 1.29 is 33.3 Å². The summed E-state index contributed by atoms with van der Waals surface area (Å²) in [6, 6.07) is 13.6. The molecule has 34 heavy (non-hydrogen) atoms. The molecule has 0 fully saturated rings. The predicted octanol–water partition coefficient (Wildman–Crippen LogP) is 4.13. The molecule has 0 aliphatic heterocycles. The fourth-order valence-corrected chi connectivity index (χ4v) is 4.14. The normalized spacial score (nSPS) is 10.2. The van der Waals surface area contributed by atoms with Gasteiger partial charge in [-0.2, -0.15) is 0 Å². The van der Waals surface area contributed by atoms with Crippen molar-refractivity contribution in [1.29, 1.82) is 0 Å². The van der Waals surface area contributed by atoms with Crippen molar-refractivity contribution in [3.8, 4) is 17.2 Å². The highest BCUT2D eigenvalue weighted by atomic mass is 32.1. The summed E-state index contributed by atoms with van der Waals surface area (Å²) >= 11 is 0.974. The van der Waals surface area contributed by atoms with E-state index in [1.54, 1.807) is 62.6 Å². The second kappa shape index (κ2) is 11.2. The van der Waals surface area contributed by atoms with Crippen molar-refractivity contribution in [3.05, 3.63) is 64.5 Å². The number of nitrogens with one attached hydrogen (secondary N) is 2. The number of amides is 2. The molecule has 2 N–H and O–H groups in total. The van der Waals surface area contributed by atoms with Gasteiger partial charge in [-0.25, -0.2) is 4.79 Å². The molecule has 10 heteroatoms. The van der Waals surface area contributed by atoms with E-state index in [1.165, 1.54) is 14.2 Å². The van der Waals surface area contributed by atoms with Crippen LogP contribution in [0.2, 0.25) is 0 Å². The van der Waals surface area contributed by atoms with Crippen LogP contribution in [0, 0.1) is 6.92 Å². The molecule has 2 aromatic carbocycles. The van der Waals surface area contributed by atoms with Crippen molar-refractivity contribution in [1.82, 2.24) is 0 Å².